The van der Waals surface area contributed by atoms with Crippen LogP contribution in [0.3, 0.4) is 0 Å². The molecule has 0 saturated heterocycles. The lowest BCUT2D eigenvalue weighted by atomic mass is 10.0. The number of unbranched alkanes of at least 4 members (excludes halogenated alkanes) is 55. The van der Waals surface area contributed by atoms with E-state index in [0.717, 1.165) is 102 Å². The first-order valence-corrected chi connectivity index (χ1v) is 47.5. The lowest BCUT2D eigenvalue weighted by Gasteiger charge is -2.21. The van der Waals surface area contributed by atoms with E-state index in [9.17, 15) is 43.2 Å². The zero-order chi connectivity index (χ0) is 77.1. The minimum absolute atomic E-state index is 0.107. The molecule has 0 saturated carbocycles. The maximum atomic E-state index is 13.1. The molecule has 3 N–H and O–H groups in total. The lowest BCUT2D eigenvalue weighted by molar-refractivity contribution is -0.161. The summed E-state index contributed by atoms with van der Waals surface area (Å²) in [6.07, 6.45) is 69.4. The minimum atomic E-state index is -4.97. The molecule has 0 spiro atoms. The monoisotopic (exact) mass is 1540 g/mol. The fraction of sp³-hybridized carbons (Fsp3) is 0.953. The summed E-state index contributed by atoms with van der Waals surface area (Å²) < 4.78 is 68.9. The normalized spacial score (nSPS) is 13.8. The Morgan fingerprint density at radius 3 is 0.648 bits per heavy atom. The predicted octanol–water partition coefficient (Wildman–Crippen LogP) is 26.2. The van der Waals surface area contributed by atoms with Crippen molar-refractivity contribution in [3.63, 3.8) is 0 Å². The van der Waals surface area contributed by atoms with Crippen LogP contribution in [0.1, 0.15) is 459 Å². The summed E-state index contributed by atoms with van der Waals surface area (Å²) in [5.74, 6) is -0.536. The second-order valence-corrected chi connectivity index (χ2v) is 34.8. The third kappa shape index (κ3) is 79.9. The molecule has 0 heterocycles. The van der Waals surface area contributed by atoms with E-state index in [2.05, 4.69) is 41.5 Å². The highest BCUT2D eigenvalue weighted by Gasteiger charge is 2.30. The van der Waals surface area contributed by atoms with Gasteiger partial charge in [-0.2, -0.15) is 0 Å². The number of aliphatic hydroxyl groups excluding tert-OH is 1. The number of hydrogen-bond acceptors (Lipinski definition) is 15. The predicted molar refractivity (Wildman–Crippen MR) is 432 cm³/mol. The number of carbonyl (C=O) groups excluding carboxylic acids is 4. The Hall–Kier alpha value is -1.94. The molecule has 0 rings (SSSR count). The van der Waals surface area contributed by atoms with Crippen molar-refractivity contribution in [2.45, 2.75) is 477 Å². The van der Waals surface area contributed by atoms with E-state index in [0.29, 0.717) is 25.7 Å². The number of rotatable bonds is 85. The number of carbonyl (C=O) groups is 4. The minimum Gasteiger partial charge on any atom is -0.462 e. The van der Waals surface area contributed by atoms with Crippen LogP contribution in [0.25, 0.3) is 0 Å². The summed E-state index contributed by atoms with van der Waals surface area (Å²) in [5.41, 5.74) is 0. The summed E-state index contributed by atoms with van der Waals surface area (Å²) in [7, 11) is -9.93. The molecule has 105 heavy (non-hydrogen) atoms. The molecule has 0 fully saturated rings. The van der Waals surface area contributed by atoms with Crippen LogP contribution >= 0.6 is 15.6 Å². The topological polar surface area (TPSA) is 237 Å². The van der Waals surface area contributed by atoms with E-state index < -0.39 is 97.5 Å². The molecule has 0 aromatic carbocycles. The fourth-order valence-electron chi connectivity index (χ4n) is 13.4. The van der Waals surface area contributed by atoms with Gasteiger partial charge in [0.2, 0.25) is 0 Å². The maximum Gasteiger partial charge on any atom is 0.472 e. The number of hydrogen-bond donors (Lipinski definition) is 3. The molecule has 0 bridgehead atoms. The average Bonchev–Trinajstić information content (AvgIpc) is 0.911. The highest BCUT2D eigenvalue weighted by Crippen LogP contribution is 2.45. The van der Waals surface area contributed by atoms with Gasteiger partial charge in [-0.05, 0) is 37.5 Å². The fourth-order valence-corrected chi connectivity index (χ4v) is 15.0. The third-order valence-corrected chi connectivity index (χ3v) is 22.1. The summed E-state index contributed by atoms with van der Waals surface area (Å²) >= 11 is 0. The van der Waals surface area contributed by atoms with E-state index in [-0.39, 0.29) is 25.7 Å². The Balaban J connectivity index is 5.25. The van der Waals surface area contributed by atoms with E-state index in [1.54, 1.807) is 0 Å². The van der Waals surface area contributed by atoms with Gasteiger partial charge in [0, 0.05) is 25.7 Å². The van der Waals surface area contributed by atoms with Crippen LogP contribution in [-0.2, 0) is 65.4 Å². The van der Waals surface area contributed by atoms with Gasteiger partial charge in [-0.1, -0.05) is 408 Å². The molecule has 0 amide bonds. The molecule has 624 valence electrons. The van der Waals surface area contributed by atoms with Crippen LogP contribution in [-0.4, -0.2) is 96.7 Å². The zero-order valence-electron chi connectivity index (χ0n) is 69.0. The average molecular weight is 1540 g/mol. The van der Waals surface area contributed by atoms with Crippen molar-refractivity contribution in [2.75, 3.05) is 39.6 Å². The Morgan fingerprint density at radius 1 is 0.257 bits per heavy atom. The highest BCUT2D eigenvalue weighted by molar-refractivity contribution is 7.47. The smallest absolute Gasteiger partial charge is 0.462 e. The molecule has 0 aliphatic heterocycles. The molecular weight excluding hydrogens is 1370 g/mol. The molecule has 0 radical (unpaired) electrons. The SMILES string of the molecule is CCCCCCCCCCCCCCCCCCCCCCCC(=O)O[C@H](COC(=O)CCCCCCCCCCCCCCCCC(C)C)COP(=O)(O)OC[C@@H](O)COP(=O)(O)OC[C@@H](COC(=O)CCCCCCCCCCCCCCC)OC(=O)CCCCCCCCCCCCCC(C)C. The van der Waals surface area contributed by atoms with Crippen LogP contribution in [0.4, 0.5) is 0 Å². The largest absolute Gasteiger partial charge is 0.472 e. The van der Waals surface area contributed by atoms with Crippen molar-refractivity contribution in [3.8, 4) is 0 Å². The van der Waals surface area contributed by atoms with Crippen LogP contribution in [0.2, 0.25) is 0 Å². The van der Waals surface area contributed by atoms with Crippen LogP contribution in [0.5, 0.6) is 0 Å². The number of phosphoric ester groups is 2. The Labute approximate surface area is 645 Å². The van der Waals surface area contributed by atoms with Gasteiger partial charge in [0.15, 0.2) is 12.2 Å². The van der Waals surface area contributed by atoms with Crippen molar-refractivity contribution in [1.82, 2.24) is 0 Å². The molecule has 0 aliphatic rings. The third-order valence-electron chi connectivity index (χ3n) is 20.2. The molecule has 17 nitrogen and oxygen atoms in total. The standard InChI is InChI=1S/C86H168O17P2/c1-7-9-11-13-15-17-19-21-22-23-24-25-26-27-28-34-40-46-52-58-64-70-85(90)102-81(74-97-84(89)69-63-57-51-45-39-33-30-29-32-36-42-48-54-60-66-78(3)4)76-100-104(92,93)98-72-80(87)73-99-105(94,95)101-77-82(75-96-83(88)68-62-56-50-44-38-31-20-18-16-14-12-10-8-2)103-86(91)71-65-59-53-47-41-35-37-43-49-55-61-67-79(5)6/h78-82,87H,7-77H2,1-6H3,(H,92,93)(H,94,95)/t80-,81-,82-/m1/s1. The summed E-state index contributed by atoms with van der Waals surface area (Å²) in [6, 6.07) is 0. The second kappa shape index (κ2) is 77.4. The number of ether oxygens (including phenoxy) is 4. The van der Waals surface area contributed by atoms with Crippen molar-refractivity contribution in [2.24, 2.45) is 11.8 Å². The van der Waals surface area contributed by atoms with Gasteiger partial charge in [-0.25, -0.2) is 9.13 Å². The van der Waals surface area contributed by atoms with Gasteiger partial charge in [0.25, 0.3) is 0 Å². The van der Waals surface area contributed by atoms with Gasteiger partial charge < -0.3 is 33.8 Å². The summed E-state index contributed by atoms with van der Waals surface area (Å²) in [6.45, 7) is 9.70. The Kier molecular flexibility index (Phi) is 76.0. The van der Waals surface area contributed by atoms with E-state index in [1.165, 1.54) is 276 Å². The Morgan fingerprint density at radius 2 is 0.438 bits per heavy atom. The maximum absolute atomic E-state index is 13.1. The van der Waals surface area contributed by atoms with E-state index in [4.69, 9.17) is 37.0 Å². The molecule has 0 aromatic heterocycles. The molecule has 5 atom stereocenters. The van der Waals surface area contributed by atoms with Crippen molar-refractivity contribution in [1.29, 1.82) is 0 Å². The lowest BCUT2D eigenvalue weighted by Crippen LogP contribution is -2.30. The van der Waals surface area contributed by atoms with Crippen molar-refractivity contribution >= 4 is 39.5 Å². The van der Waals surface area contributed by atoms with Gasteiger partial charge in [-0.15, -0.1) is 0 Å². The van der Waals surface area contributed by atoms with Gasteiger partial charge in [0.05, 0.1) is 26.4 Å². The van der Waals surface area contributed by atoms with Crippen molar-refractivity contribution < 1.29 is 80.2 Å². The Bertz CT molecular complexity index is 2010. The number of aliphatic hydroxyl groups is 1. The van der Waals surface area contributed by atoms with Gasteiger partial charge >= 0.3 is 39.5 Å². The summed E-state index contributed by atoms with van der Waals surface area (Å²) in [4.78, 5) is 73.3. The van der Waals surface area contributed by atoms with Gasteiger partial charge in [0.1, 0.15) is 19.3 Å². The summed E-state index contributed by atoms with van der Waals surface area (Å²) in [5, 5.41) is 10.7. The van der Waals surface area contributed by atoms with Gasteiger partial charge in [-0.3, -0.25) is 37.3 Å². The van der Waals surface area contributed by atoms with Crippen LogP contribution in [0, 0.1) is 11.8 Å². The first-order chi connectivity index (χ1) is 50.9. The molecule has 2 unspecified atom stereocenters. The number of phosphoric acid groups is 2. The van der Waals surface area contributed by atoms with E-state index in [1.807, 2.05) is 0 Å². The van der Waals surface area contributed by atoms with Crippen LogP contribution < -0.4 is 0 Å². The number of esters is 4. The van der Waals surface area contributed by atoms with Crippen LogP contribution in [0.15, 0.2) is 0 Å². The first kappa shape index (κ1) is 103. The highest BCUT2D eigenvalue weighted by atomic mass is 31.2. The molecular formula is C86H168O17P2. The van der Waals surface area contributed by atoms with E-state index >= 15 is 0 Å². The molecule has 0 aromatic rings. The van der Waals surface area contributed by atoms with Crippen molar-refractivity contribution in [3.05, 3.63) is 0 Å². The quantitative estimate of drug-likeness (QED) is 0.0222. The molecule has 19 heteroatoms. The first-order valence-electron chi connectivity index (χ1n) is 44.5. The second-order valence-electron chi connectivity index (χ2n) is 31.9. The zero-order valence-corrected chi connectivity index (χ0v) is 70.8. The molecule has 0 aliphatic carbocycles.